The number of thiocarbonyl (C=S) groups is 1. The Hall–Kier alpha value is -0.110. The quantitative estimate of drug-likeness (QED) is 0.271. The monoisotopic (exact) mass is 299 g/mol. The molecule has 0 aromatic rings. The van der Waals surface area contributed by atoms with Gasteiger partial charge in [-0.25, -0.2) is 0 Å². The normalized spacial score (nSPS) is 10.8. The average molecular weight is 300 g/mol. The van der Waals surface area contributed by atoms with E-state index in [-0.39, 0.29) is 0 Å². The minimum absolute atomic E-state index is 1.13. The van der Waals surface area contributed by atoms with Crippen LogP contribution in [0, 0.1) is 0 Å². The van der Waals surface area contributed by atoms with E-state index in [4.69, 9.17) is 12.2 Å². The highest BCUT2D eigenvalue weighted by Gasteiger charge is 2.06. The van der Waals surface area contributed by atoms with Crippen molar-refractivity contribution in [1.29, 1.82) is 0 Å². The van der Waals surface area contributed by atoms with Crippen LogP contribution in [0.1, 0.15) is 97.8 Å². The first-order valence-electron chi connectivity index (χ1n) is 9.04. The Morgan fingerprint density at radius 2 is 1.10 bits per heavy atom. The summed E-state index contributed by atoms with van der Waals surface area (Å²) in [6, 6.07) is 0. The Morgan fingerprint density at radius 3 is 1.55 bits per heavy atom. The number of hydrogen-bond acceptors (Lipinski definition) is 1. The Balaban J connectivity index is 3.45. The molecule has 0 aromatic carbocycles. The van der Waals surface area contributed by atoms with Gasteiger partial charge in [-0.15, -0.1) is 0 Å². The zero-order valence-corrected chi connectivity index (χ0v) is 15.1. The Kier molecular flexibility index (Phi) is 15.2. The van der Waals surface area contributed by atoms with Gasteiger partial charge in [-0.3, -0.25) is 0 Å². The number of hydrogen-bond donors (Lipinski definition) is 0. The first-order valence-corrected chi connectivity index (χ1v) is 9.44. The highest BCUT2D eigenvalue weighted by Crippen LogP contribution is 2.12. The standard InChI is InChI=1S/C18H37NS/c1-4-7-8-9-10-11-12-13-14-15-18(20)19(16-5-2)17-6-3/h4-17H2,1-3H3. The van der Waals surface area contributed by atoms with Gasteiger partial charge < -0.3 is 4.90 Å². The molecule has 1 nitrogen and oxygen atoms in total. The fraction of sp³-hybridized carbons (Fsp3) is 0.944. The summed E-state index contributed by atoms with van der Waals surface area (Å²) >= 11 is 5.58. The molecule has 0 spiro atoms. The van der Waals surface area contributed by atoms with E-state index < -0.39 is 0 Å². The molecule has 0 aliphatic carbocycles. The molecular weight excluding hydrogens is 262 g/mol. The Bertz CT molecular complexity index is 209. The van der Waals surface area contributed by atoms with Crippen LogP contribution in [0.2, 0.25) is 0 Å². The van der Waals surface area contributed by atoms with E-state index in [1.165, 1.54) is 75.6 Å². The first kappa shape index (κ1) is 19.9. The SMILES string of the molecule is CCCCCCCCCCCC(=S)N(CCC)CCC. The maximum Gasteiger partial charge on any atom is 0.0779 e. The smallest absolute Gasteiger partial charge is 0.0779 e. The summed E-state index contributed by atoms with van der Waals surface area (Å²) in [5, 5.41) is 0. The third kappa shape index (κ3) is 11.7. The summed E-state index contributed by atoms with van der Waals surface area (Å²) in [6.07, 6.45) is 16.1. The first-order chi connectivity index (χ1) is 9.76. The van der Waals surface area contributed by atoms with E-state index in [0.717, 1.165) is 19.5 Å². The van der Waals surface area contributed by atoms with Crippen molar-refractivity contribution in [2.75, 3.05) is 13.1 Å². The maximum atomic E-state index is 5.58. The van der Waals surface area contributed by atoms with Crippen molar-refractivity contribution < 1.29 is 0 Å². The van der Waals surface area contributed by atoms with Crippen molar-refractivity contribution in [1.82, 2.24) is 4.90 Å². The summed E-state index contributed by atoms with van der Waals surface area (Å²) in [5.41, 5.74) is 0. The van der Waals surface area contributed by atoms with Crippen LogP contribution in [0.15, 0.2) is 0 Å². The van der Waals surface area contributed by atoms with Crippen LogP contribution < -0.4 is 0 Å². The van der Waals surface area contributed by atoms with Crippen LogP contribution in [-0.2, 0) is 0 Å². The molecular formula is C18H37NS. The maximum absolute atomic E-state index is 5.58. The van der Waals surface area contributed by atoms with Gasteiger partial charge in [0.15, 0.2) is 0 Å². The summed E-state index contributed by atoms with van der Waals surface area (Å²) in [5.74, 6) is 0. The lowest BCUT2D eigenvalue weighted by Crippen LogP contribution is -2.30. The lowest BCUT2D eigenvalue weighted by Gasteiger charge is -2.24. The van der Waals surface area contributed by atoms with E-state index in [0.29, 0.717) is 0 Å². The molecule has 0 aromatic heterocycles. The molecule has 0 saturated heterocycles. The van der Waals surface area contributed by atoms with E-state index in [1.54, 1.807) is 0 Å². The number of unbranched alkanes of at least 4 members (excludes halogenated alkanes) is 8. The van der Waals surface area contributed by atoms with Gasteiger partial charge in [-0.2, -0.15) is 0 Å². The summed E-state index contributed by atoms with van der Waals surface area (Å²) in [4.78, 5) is 3.62. The third-order valence-corrected chi connectivity index (χ3v) is 4.30. The molecule has 0 rings (SSSR count). The van der Waals surface area contributed by atoms with Gasteiger partial charge in [0.2, 0.25) is 0 Å². The highest BCUT2D eigenvalue weighted by molar-refractivity contribution is 7.80. The van der Waals surface area contributed by atoms with Gasteiger partial charge in [0.05, 0.1) is 4.99 Å². The molecule has 20 heavy (non-hydrogen) atoms. The molecule has 0 saturated carbocycles. The fourth-order valence-electron chi connectivity index (χ4n) is 2.65. The molecule has 0 bridgehead atoms. The van der Waals surface area contributed by atoms with Crippen molar-refractivity contribution in [3.8, 4) is 0 Å². The molecule has 0 unspecified atom stereocenters. The van der Waals surface area contributed by atoms with Crippen LogP contribution in [0.3, 0.4) is 0 Å². The predicted molar refractivity (Wildman–Crippen MR) is 96.6 cm³/mol. The van der Waals surface area contributed by atoms with Crippen LogP contribution in [0.25, 0.3) is 0 Å². The van der Waals surface area contributed by atoms with Crippen molar-refractivity contribution in [3.05, 3.63) is 0 Å². The van der Waals surface area contributed by atoms with Crippen molar-refractivity contribution in [3.63, 3.8) is 0 Å². The van der Waals surface area contributed by atoms with E-state index >= 15 is 0 Å². The van der Waals surface area contributed by atoms with Crippen molar-refractivity contribution >= 4 is 17.2 Å². The molecule has 0 fully saturated rings. The minimum atomic E-state index is 1.13. The molecule has 0 N–H and O–H groups in total. The molecule has 0 radical (unpaired) electrons. The van der Waals surface area contributed by atoms with Crippen LogP contribution in [-0.4, -0.2) is 23.0 Å². The van der Waals surface area contributed by atoms with Gasteiger partial charge >= 0.3 is 0 Å². The molecule has 0 atom stereocenters. The number of nitrogens with zero attached hydrogens (tertiary/aromatic N) is 1. The molecule has 0 amide bonds. The third-order valence-electron chi connectivity index (χ3n) is 3.83. The van der Waals surface area contributed by atoms with Gasteiger partial charge in [0.1, 0.15) is 0 Å². The van der Waals surface area contributed by atoms with Gasteiger partial charge in [-0.05, 0) is 25.7 Å². The van der Waals surface area contributed by atoms with E-state index in [2.05, 4.69) is 25.7 Å². The minimum Gasteiger partial charge on any atom is -0.366 e. The molecule has 0 aliphatic rings. The summed E-state index contributed by atoms with van der Waals surface area (Å²) in [6.45, 7) is 9.05. The summed E-state index contributed by atoms with van der Waals surface area (Å²) in [7, 11) is 0. The lowest BCUT2D eigenvalue weighted by atomic mass is 10.1. The van der Waals surface area contributed by atoms with E-state index in [1.807, 2.05) is 0 Å². The Morgan fingerprint density at radius 1 is 0.650 bits per heavy atom. The molecule has 2 heteroatoms. The Labute approximate surface area is 133 Å². The van der Waals surface area contributed by atoms with Gasteiger partial charge in [0, 0.05) is 13.1 Å². The second-order valence-corrected chi connectivity index (χ2v) is 6.43. The van der Waals surface area contributed by atoms with Crippen LogP contribution in [0.4, 0.5) is 0 Å². The zero-order chi connectivity index (χ0) is 15.1. The van der Waals surface area contributed by atoms with E-state index in [9.17, 15) is 0 Å². The highest BCUT2D eigenvalue weighted by atomic mass is 32.1. The predicted octanol–water partition coefficient (Wildman–Crippen LogP) is 6.36. The zero-order valence-electron chi connectivity index (χ0n) is 14.3. The average Bonchev–Trinajstić information content (AvgIpc) is 2.45. The molecule has 0 heterocycles. The molecule has 0 aliphatic heterocycles. The van der Waals surface area contributed by atoms with Crippen molar-refractivity contribution in [2.24, 2.45) is 0 Å². The number of rotatable bonds is 14. The molecule has 120 valence electrons. The van der Waals surface area contributed by atoms with Crippen molar-refractivity contribution in [2.45, 2.75) is 97.8 Å². The van der Waals surface area contributed by atoms with Crippen LogP contribution in [0.5, 0.6) is 0 Å². The lowest BCUT2D eigenvalue weighted by molar-refractivity contribution is 0.413. The second kappa shape index (κ2) is 15.3. The van der Waals surface area contributed by atoms with Gasteiger partial charge in [-0.1, -0.05) is 84.4 Å². The topological polar surface area (TPSA) is 3.24 Å². The van der Waals surface area contributed by atoms with Crippen LogP contribution >= 0.6 is 12.2 Å². The second-order valence-electron chi connectivity index (χ2n) is 5.96. The largest absolute Gasteiger partial charge is 0.366 e. The fourth-order valence-corrected chi connectivity index (χ4v) is 2.97. The van der Waals surface area contributed by atoms with Gasteiger partial charge in [0.25, 0.3) is 0 Å². The summed E-state index contributed by atoms with van der Waals surface area (Å²) < 4.78 is 0.